The zero-order chi connectivity index (χ0) is 17.2. The van der Waals surface area contributed by atoms with E-state index in [9.17, 15) is 4.79 Å². The Morgan fingerprint density at radius 1 is 1.24 bits per heavy atom. The summed E-state index contributed by atoms with van der Waals surface area (Å²) in [6.45, 7) is 2.71. The van der Waals surface area contributed by atoms with E-state index >= 15 is 0 Å². The van der Waals surface area contributed by atoms with Crippen molar-refractivity contribution in [1.29, 1.82) is 0 Å². The zero-order valence-electron chi connectivity index (χ0n) is 13.8. The first kappa shape index (κ1) is 15.5. The van der Waals surface area contributed by atoms with Crippen molar-refractivity contribution < 1.29 is 4.79 Å². The lowest BCUT2D eigenvalue weighted by atomic mass is 10.1. The van der Waals surface area contributed by atoms with Crippen LogP contribution >= 0.6 is 0 Å². The molecule has 2 aromatic heterocycles. The van der Waals surface area contributed by atoms with Crippen LogP contribution < -0.4 is 5.73 Å². The molecule has 0 radical (unpaired) electrons. The summed E-state index contributed by atoms with van der Waals surface area (Å²) in [6.07, 6.45) is 4.63. The fourth-order valence-corrected chi connectivity index (χ4v) is 3.16. The largest absolute Gasteiger partial charge is 0.366 e. The van der Waals surface area contributed by atoms with E-state index in [2.05, 4.69) is 20.9 Å². The number of carbonyl (C=O) groups excluding carboxylic acids is 1. The monoisotopic (exact) mass is 333 g/mol. The average molecular weight is 333 g/mol. The SMILES string of the molecule is NC(=O)c1ccc(-c2nc3c([nH]2)CN(Cc2cccnc2)CC3)cc1. The number of nitrogens with two attached hydrogens (primary N) is 1. The van der Waals surface area contributed by atoms with E-state index in [1.807, 2.05) is 24.4 Å². The number of primary amides is 1. The van der Waals surface area contributed by atoms with E-state index < -0.39 is 5.91 Å². The Bertz CT molecular complexity index is 886. The number of amides is 1. The average Bonchev–Trinajstić information content (AvgIpc) is 3.06. The van der Waals surface area contributed by atoms with Crippen LogP contribution in [0.4, 0.5) is 0 Å². The molecule has 1 aromatic carbocycles. The predicted molar refractivity (Wildman–Crippen MR) is 94.6 cm³/mol. The van der Waals surface area contributed by atoms with Crippen LogP contribution in [0.15, 0.2) is 48.8 Å². The highest BCUT2D eigenvalue weighted by Crippen LogP contribution is 2.24. The van der Waals surface area contributed by atoms with Crippen LogP contribution in [0.1, 0.15) is 27.3 Å². The molecule has 6 nitrogen and oxygen atoms in total. The van der Waals surface area contributed by atoms with Crippen LogP contribution in [0, 0.1) is 0 Å². The molecule has 6 heteroatoms. The van der Waals surface area contributed by atoms with E-state index in [0.29, 0.717) is 5.56 Å². The fourth-order valence-electron chi connectivity index (χ4n) is 3.16. The summed E-state index contributed by atoms with van der Waals surface area (Å²) in [5, 5.41) is 0. The van der Waals surface area contributed by atoms with Crippen molar-refractivity contribution in [2.75, 3.05) is 6.54 Å². The standard InChI is InChI=1S/C19H19N5O/c20-18(25)14-3-5-15(6-4-14)19-22-16-7-9-24(12-17(16)23-19)11-13-2-1-8-21-10-13/h1-6,8,10H,7,9,11-12H2,(H2,20,25)(H,22,23). The molecule has 3 aromatic rings. The summed E-state index contributed by atoms with van der Waals surface area (Å²) in [4.78, 5) is 25.9. The maximum absolute atomic E-state index is 11.2. The maximum Gasteiger partial charge on any atom is 0.248 e. The molecule has 0 fully saturated rings. The number of H-pyrrole nitrogens is 1. The zero-order valence-corrected chi connectivity index (χ0v) is 13.8. The van der Waals surface area contributed by atoms with Gasteiger partial charge in [0.1, 0.15) is 5.82 Å². The highest BCUT2D eigenvalue weighted by atomic mass is 16.1. The van der Waals surface area contributed by atoms with E-state index in [-0.39, 0.29) is 0 Å². The molecule has 25 heavy (non-hydrogen) atoms. The lowest BCUT2D eigenvalue weighted by Crippen LogP contribution is -2.30. The highest BCUT2D eigenvalue weighted by molar-refractivity contribution is 5.93. The van der Waals surface area contributed by atoms with E-state index in [1.165, 1.54) is 5.56 Å². The minimum Gasteiger partial charge on any atom is -0.366 e. The van der Waals surface area contributed by atoms with E-state index in [1.54, 1.807) is 18.3 Å². The molecule has 126 valence electrons. The van der Waals surface area contributed by atoms with Crippen molar-refractivity contribution in [3.8, 4) is 11.4 Å². The second kappa shape index (κ2) is 6.49. The number of nitrogens with zero attached hydrogens (tertiary/aromatic N) is 3. The normalized spacial score (nSPS) is 14.2. The van der Waals surface area contributed by atoms with Crippen LogP contribution in [0.25, 0.3) is 11.4 Å². The van der Waals surface area contributed by atoms with Gasteiger partial charge in [-0.3, -0.25) is 14.7 Å². The van der Waals surface area contributed by atoms with Crippen molar-refractivity contribution in [3.05, 3.63) is 71.3 Å². The van der Waals surface area contributed by atoms with Crippen LogP contribution in [-0.2, 0) is 19.5 Å². The van der Waals surface area contributed by atoms with E-state index in [4.69, 9.17) is 10.7 Å². The van der Waals surface area contributed by atoms with Gasteiger partial charge in [-0.05, 0) is 23.8 Å². The second-order valence-electron chi connectivity index (χ2n) is 6.27. The number of imidazole rings is 1. The lowest BCUT2D eigenvalue weighted by molar-refractivity contribution is 0.100. The predicted octanol–water partition coefficient (Wildman–Crippen LogP) is 2.13. The first-order chi connectivity index (χ1) is 12.2. The van der Waals surface area contributed by atoms with Gasteiger partial charge in [-0.1, -0.05) is 18.2 Å². The third-order valence-corrected chi connectivity index (χ3v) is 4.48. The molecular weight excluding hydrogens is 314 g/mol. The molecule has 3 N–H and O–H groups in total. The number of carbonyl (C=O) groups is 1. The van der Waals surface area contributed by atoms with Gasteiger partial charge in [0, 0.05) is 49.6 Å². The van der Waals surface area contributed by atoms with Gasteiger partial charge >= 0.3 is 0 Å². The molecule has 0 saturated heterocycles. The van der Waals surface area contributed by atoms with Gasteiger partial charge in [-0.2, -0.15) is 0 Å². The van der Waals surface area contributed by atoms with Crippen molar-refractivity contribution in [1.82, 2.24) is 19.9 Å². The molecule has 0 spiro atoms. The molecular formula is C19H19N5O. The molecule has 4 rings (SSSR count). The topological polar surface area (TPSA) is 87.9 Å². The Morgan fingerprint density at radius 3 is 2.80 bits per heavy atom. The number of hydrogen-bond acceptors (Lipinski definition) is 4. The molecule has 1 amide bonds. The van der Waals surface area contributed by atoms with Crippen molar-refractivity contribution in [3.63, 3.8) is 0 Å². The summed E-state index contributed by atoms with van der Waals surface area (Å²) >= 11 is 0. The number of pyridine rings is 1. The van der Waals surface area contributed by atoms with Gasteiger partial charge in [-0.15, -0.1) is 0 Å². The summed E-state index contributed by atoms with van der Waals surface area (Å²) in [5.41, 5.74) is 10.2. The summed E-state index contributed by atoms with van der Waals surface area (Å²) in [7, 11) is 0. The minimum absolute atomic E-state index is 0.420. The van der Waals surface area contributed by atoms with Crippen LogP contribution in [0.3, 0.4) is 0 Å². The van der Waals surface area contributed by atoms with Crippen LogP contribution in [-0.4, -0.2) is 32.3 Å². The third kappa shape index (κ3) is 3.29. The van der Waals surface area contributed by atoms with Gasteiger partial charge in [-0.25, -0.2) is 4.98 Å². The van der Waals surface area contributed by atoms with Gasteiger partial charge in [0.15, 0.2) is 0 Å². The van der Waals surface area contributed by atoms with Gasteiger partial charge < -0.3 is 10.7 Å². The van der Waals surface area contributed by atoms with Crippen molar-refractivity contribution in [2.45, 2.75) is 19.5 Å². The smallest absolute Gasteiger partial charge is 0.248 e. The Morgan fingerprint density at radius 2 is 2.08 bits per heavy atom. The highest BCUT2D eigenvalue weighted by Gasteiger charge is 2.20. The quantitative estimate of drug-likeness (QED) is 0.765. The summed E-state index contributed by atoms with van der Waals surface area (Å²) in [5.74, 6) is 0.417. The van der Waals surface area contributed by atoms with Gasteiger partial charge in [0.2, 0.25) is 5.91 Å². The molecule has 0 unspecified atom stereocenters. The van der Waals surface area contributed by atoms with Gasteiger partial charge in [0.05, 0.1) is 11.4 Å². The number of hydrogen-bond donors (Lipinski definition) is 2. The lowest BCUT2D eigenvalue weighted by Gasteiger charge is -2.25. The maximum atomic E-state index is 11.2. The molecule has 0 atom stereocenters. The number of rotatable bonds is 4. The van der Waals surface area contributed by atoms with Crippen LogP contribution in [0.2, 0.25) is 0 Å². The minimum atomic E-state index is -0.420. The molecule has 0 bridgehead atoms. The fraction of sp³-hybridized carbons (Fsp3) is 0.211. The molecule has 0 aliphatic carbocycles. The van der Waals surface area contributed by atoms with E-state index in [0.717, 1.165) is 48.8 Å². The molecule has 1 aliphatic heterocycles. The Labute approximate surface area is 145 Å². The van der Waals surface area contributed by atoms with Crippen LogP contribution in [0.5, 0.6) is 0 Å². The number of benzene rings is 1. The molecule has 0 saturated carbocycles. The third-order valence-electron chi connectivity index (χ3n) is 4.48. The van der Waals surface area contributed by atoms with Crippen molar-refractivity contribution >= 4 is 5.91 Å². The number of fused-ring (bicyclic) bond motifs is 1. The Kier molecular flexibility index (Phi) is 4.03. The Balaban J connectivity index is 1.51. The molecule has 1 aliphatic rings. The molecule has 3 heterocycles. The summed E-state index contributed by atoms with van der Waals surface area (Å²) in [6, 6.07) is 11.3. The first-order valence-corrected chi connectivity index (χ1v) is 8.28. The number of aromatic nitrogens is 3. The van der Waals surface area contributed by atoms with Crippen molar-refractivity contribution in [2.24, 2.45) is 5.73 Å². The summed E-state index contributed by atoms with van der Waals surface area (Å²) < 4.78 is 0. The van der Waals surface area contributed by atoms with Gasteiger partial charge in [0.25, 0.3) is 0 Å². The Hall–Kier alpha value is -2.99. The number of nitrogens with one attached hydrogen (secondary N) is 1. The second-order valence-corrected chi connectivity index (χ2v) is 6.27. The number of aromatic amines is 1. The first-order valence-electron chi connectivity index (χ1n) is 8.28.